The molecule has 152 valence electrons. The summed E-state index contributed by atoms with van der Waals surface area (Å²) in [5.74, 6) is 1.93. The molecule has 1 aliphatic rings. The van der Waals surface area contributed by atoms with E-state index in [4.69, 9.17) is 25.1 Å². The van der Waals surface area contributed by atoms with E-state index in [1.165, 1.54) is 0 Å². The summed E-state index contributed by atoms with van der Waals surface area (Å²) in [5.41, 5.74) is 6.55. The fourth-order valence-electron chi connectivity index (χ4n) is 3.65. The second-order valence-electron chi connectivity index (χ2n) is 7.11. The molecule has 29 heavy (non-hydrogen) atoms. The lowest BCUT2D eigenvalue weighted by atomic mass is 10.1. The first-order valence-electron chi connectivity index (χ1n) is 9.76. The second kappa shape index (κ2) is 8.48. The molecule has 3 aromatic rings. The molecule has 1 aromatic heterocycles. The number of ether oxygens (including phenoxy) is 2. The molecule has 1 fully saturated rings. The highest BCUT2D eigenvalue weighted by molar-refractivity contribution is 5.87. The third-order valence-corrected chi connectivity index (χ3v) is 5.12. The summed E-state index contributed by atoms with van der Waals surface area (Å²) in [5, 5.41) is 14.0. The fraction of sp³-hybridized carbons (Fsp3) is 0.381. The third-order valence-electron chi connectivity index (χ3n) is 5.12. The van der Waals surface area contributed by atoms with Crippen molar-refractivity contribution in [1.29, 1.82) is 5.41 Å². The van der Waals surface area contributed by atoms with Crippen molar-refractivity contribution in [3.63, 3.8) is 0 Å². The van der Waals surface area contributed by atoms with Crippen LogP contribution < -0.4 is 10.5 Å². The van der Waals surface area contributed by atoms with Crippen molar-refractivity contribution in [3.05, 3.63) is 42.3 Å². The molecule has 8 nitrogen and oxygen atoms in total. The minimum atomic E-state index is -0.118. The molecule has 1 saturated heterocycles. The lowest BCUT2D eigenvalue weighted by Crippen LogP contribution is -2.35. The van der Waals surface area contributed by atoms with Crippen LogP contribution in [0.1, 0.15) is 31.2 Å². The van der Waals surface area contributed by atoms with Gasteiger partial charge in [-0.15, -0.1) is 0 Å². The van der Waals surface area contributed by atoms with Crippen molar-refractivity contribution in [2.75, 3.05) is 26.9 Å². The van der Waals surface area contributed by atoms with Gasteiger partial charge in [0.25, 0.3) is 0 Å². The molecule has 2 aromatic carbocycles. The van der Waals surface area contributed by atoms with E-state index in [0.29, 0.717) is 24.9 Å². The van der Waals surface area contributed by atoms with Crippen molar-refractivity contribution < 1.29 is 14.0 Å². The summed E-state index contributed by atoms with van der Waals surface area (Å²) in [6.45, 7) is 2.06. The van der Waals surface area contributed by atoms with E-state index in [2.05, 4.69) is 10.1 Å². The lowest BCUT2D eigenvalue weighted by Gasteiger charge is -2.21. The van der Waals surface area contributed by atoms with Crippen LogP contribution in [0.4, 0.5) is 0 Å². The summed E-state index contributed by atoms with van der Waals surface area (Å²) in [6.07, 6.45) is 2.66. The Balaban J connectivity index is 1.51. The fourth-order valence-corrected chi connectivity index (χ4v) is 3.65. The Bertz CT molecular complexity index is 1000. The van der Waals surface area contributed by atoms with Crippen LogP contribution in [0.25, 0.3) is 22.2 Å². The number of hydrogen-bond acceptors (Lipinski definition) is 6. The van der Waals surface area contributed by atoms with Crippen LogP contribution >= 0.6 is 0 Å². The molecule has 0 radical (unpaired) electrons. The van der Waals surface area contributed by atoms with Gasteiger partial charge in [0.15, 0.2) is 5.96 Å². The molecule has 1 atom stereocenters. The Morgan fingerprint density at radius 3 is 2.90 bits per heavy atom. The van der Waals surface area contributed by atoms with Crippen LogP contribution in [0, 0.1) is 5.41 Å². The van der Waals surface area contributed by atoms with Gasteiger partial charge in [-0.25, -0.2) is 0 Å². The van der Waals surface area contributed by atoms with Gasteiger partial charge in [0, 0.05) is 32.2 Å². The zero-order valence-electron chi connectivity index (χ0n) is 16.4. The Kier molecular flexibility index (Phi) is 5.62. The quantitative estimate of drug-likeness (QED) is 0.359. The largest absolute Gasteiger partial charge is 0.493 e. The highest BCUT2D eigenvalue weighted by Gasteiger charge is 2.31. The summed E-state index contributed by atoms with van der Waals surface area (Å²) >= 11 is 0. The van der Waals surface area contributed by atoms with Gasteiger partial charge in [0.1, 0.15) is 11.8 Å². The number of methoxy groups -OCH3 is 1. The molecular weight excluding hydrogens is 370 g/mol. The van der Waals surface area contributed by atoms with E-state index >= 15 is 0 Å². The van der Waals surface area contributed by atoms with Gasteiger partial charge in [-0.3, -0.25) is 5.41 Å². The minimum Gasteiger partial charge on any atom is -0.493 e. The van der Waals surface area contributed by atoms with Gasteiger partial charge in [-0.1, -0.05) is 23.4 Å². The van der Waals surface area contributed by atoms with E-state index < -0.39 is 0 Å². The number of rotatable bonds is 7. The van der Waals surface area contributed by atoms with Crippen LogP contribution in [-0.2, 0) is 4.74 Å². The Labute approximate surface area is 169 Å². The van der Waals surface area contributed by atoms with Crippen molar-refractivity contribution in [2.24, 2.45) is 5.73 Å². The number of fused-ring (bicyclic) bond motifs is 1. The monoisotopic (exact) mass is 395 g/mol. The predicted octanol–water partition coefficient (Wildman–Crippen LogP) is 3.34. The summed E-state index contributed by atoms with van der Waals surface area (Å²) < 4.78 is 16.3. The second-order valence-corrected chi connectivity index (χ2v) is 7.11. The van der Waals surface area contributed by atoms with Crippen molar-refractivity contribution in [1.82, 2.24) is 15.0 Å². The molecule has 0 amide bonds. The highest BCUT2D eigenvalue weighted by Crippen LogP contribution is 2.32. The zero-order valence-corrected chi connectivity index (χ0v) is 16.4. The van der Waals surface area contributed by atoms with Crippen molar-refractivity contribution in [3.8, 4) is 17.1 Å². The number of nitrogens with one attached hydrogen (secondary N) is 1. The number of likely N-dealkylation sites (tertiary alicyclic amines) is 1. The van der Waals surface area contributed by atoms with Gasteiger partial charge in [-0.2, -0.15) is 4.98 Å². The summed E-state index contributed by atoms with van der Waals surface area (Å²) in [7, 11) is 1.69. The first-order valence-corrected chi connectivity index (χ1v) is 9.76. The molecule has 0 spiro atoms. The Hall–Kier alpha value is -3.13. The Morgan fingerprint density at radius 1 is 1.24 bits per heavy atom. The number of aromatic nitrogens is 2. The molecule has 4 rings (SSSR count). The molecule has 0 aliphatic carbocycles. The Morgan fingerprint density at radius 2 is 2.07 bits per heavy atom. The maximum Gasteiger partial charge on any atom is 0.249 e. The average molecular weight is 395 g/mol. The summed E-state index contributed by atoms with van der Waals surface area (Å²) in [4.78, 5) is 6.37. The number of benzene rings is 2. The van der Waals surface area contributed by atoms with Gasteiger partial charge in [0.05, 0.1) is 6.61 Å². The normalized spacial score (nSPS) is 16.4. The van der Waals surface area contributed by atoms with Crippen LogP contribution in [0.3, 0.4) is 0 Å². The molecule has 0 bridgehead atoms. The number of hydrogen-bond donors (Lipinski definition) is 2. The smallest absolute Gasteiger partial charge is 0.249 e. The van der Waals surface area contributed by atoms with E-state index in [-0.39, 0.29) is 12.0 Å². The van der Waals surface area contributed by atoms with Crippen LogP contribution in [0.2, 0.25) is 0 Å². The number of guanidine groups is 1. The topological polar surface area (TPSA) is 110 Å². The van der Waals surface area contributed by atoms with Gasteiger partial charge >= 0.3 is 0 Å². The molecule has 1 unspecified atom stereocenters. The first kappa shape index (κ1) is 19.2. The molecule has 1 aliphatic heterocycles. The predicted molar refractivity (Wildman–Crippen MR) is 110 cm³/mol. The molecule has 3 N–H and O–H groups in total. The zero-order chi connectivity index (χ0) is 20.2. The van der Waals surface area contributed by atoms with Crippen molar-refractivity contribution >= 4 is 16.7 Å². The van der Waals surface area contributed by atoms with Crippen LogP contribution in [0.15, 0.2) is 40.9 Å². The lowest BCUT2D eigenvalue weighted by molar-refractivity contribution is 0.172. The van der Waals surface area contributed by atoms with Crippen LogP contribution in [-0.4, -0.2) is 47.9 Å². The van der Waals surface area contributed by atoms with Gasteiger partial charge in [0.2, 0.25) is 11.7 Å². The van der Waals surface area contributed by atoms with E-state index in [1.54, 1.807) is 12.0 Å². The SMILES string of the molecule is COCCCOc1ccc2cc(-c3noc(C4CCCN4C(=N)N)n3)ccc2c1. The van der Waals surface area contributed by atoms with E-state index in [1.807, 2.05) is 36.4 Å². The van der Waals surface area contributed by atoms with Gasteiger partial charge < -0.3 is 24.6 Å². The maximum absolute atomic E-state index is 7.71. The third kappa shape index (κ3) is 4.17. The summed E-state index contributed by atoms with van der Waals surface area (Å²) in [6, 6.07) is 11.9. The number of nitrogens with two attached hydrogens (primary N) is 1. The van der Waals surface area contributed by atoms with E-state index in [0.717, 1.165) is 47.9 Å². The maximum atomic E-state index is 7.71. The van der Waals surface area contributed by atoms with Crippen LogP contribution in [0.5, 0.6) is 5.75 Å². The highest BCUT2D eigenvalue weighted by atomic mass is 16.5. The van der Waals surface area contributed by atoms with Gasteiger partial charge in [-0.05, 0) is 41.8 Å². The molecule has 0 saturated carbocycles. The molecule has 8 heteroatoms. The standard InChI is InChI=1S/C21H25N5O3/c1-27-10-3-11-28-17-8-7-14-12-16(6-5-15(14)13-17)19-24-20(29-25-19)18-4-2-9-26(18)21(22)23/h5-8,12-13,18H,2-4,9-11H2,1H3,(H3,22,23). The molecular formula is C21H25N5O3. The molecule has 2 heterocycles. The average Bonchev–Trinajstić information content (AvgIpc) is 3.40. The van der Waals surface area contributed by atoms with Crippen molar-refractivity contribution in [2.45, 2.75) is 25.3 Å². The number of nitrogens with zero attached hydrogens (tertiary/aromatic N) is 3. The van der Waals surface area contributed by atoms with E-state index in [9.17, 15) is 0 Å². The minimum absolute atomic E-state index is 0.0400. The first-order chi connectivity index (χ1) is 14.2.